The van der Waals surface area contributed by atoms with Gasteiger partial charge in [0.15, 0.2) is 0 Å². The molecule has 0 saturated carbocycles. The minimum atomic E-state index is -0.266. The lowest BCUT2D eigenvalue weighted by Gasteiger charge is -2.19. The number of hydrogen-bond donors (Lipinski definition) is 2. The number of nitrogens with one attached hydrogen (secondary N) is 1. The van der Waals surface area contributed by atoms with Crippen LogP contribution < -0.4 is 15.0 Å². The largest absolute Gasteiger partial charge is 0.506 e. The summed E-state index contributed by atoms with van der Waals surface area (Å²) in [6, 6.07) is 12.8. The molecule has 2 aromatic carbocycles. The van der Waals surface area contributed by atoms with E-state index in [1.54, 1.807) is 35.0 Å². The summed E-state index contributed by atoms with van der Waals surface area (Å²) in [4.78, 5) is 18.8. The van der Waals surface area contributed by atoms with Gasteiger partial charge in [0, 0.05) is 36.6 Å². The van der Waals surface area contributed by atoms with E-state index in [-0.39, 0.29) is 17.7 Å². The second kappa shape index (κ2) is 7.97. The van der Waals surface area contributed by atoms with Crippen molar-refractivity contribution >= 4 is 11.6 Å². The standard InChI is InChI=1S/C22H24N4O3/c1-15-13-25(14-24-15)19-8-7-17(11-20(19)27)26-10-9-18(22(26)28)23-12-16-5-3-4-6-21(16)29-2/h3-8,11,13-14,18,23,27H,9-10,12H2,1-2H3. The minimum Gasteiger partial charge on any atom is -0.506 e. The van der Waals surface area contributed by atoms with Crippen molar-refractivity contribution in [2.24, 2.45) is 0 Å². The Kier molecular flexibility index (Phi) is 5.22. The monoisotopic (exact) mass is 392 g/mol. The molecule has 1 atom stereocenters. The van der Waals surface area contributed by atoms with Gasteiger partial charge in [0.1, 0.15) is 11.5 Å². The van der Waals surface area contributed by atoms with E-state index >= 15 is 0 Å². The van der Waals surface area contributed by atoms with Crippen molar-refractivity contribution in [1.29, 1.82) is 0 Å². The van der Waals surface area contributed by atoms with Crippen molar-refractivity contribution in [3.05, 3.63) is 66.2 Å². The second-order valence-corrected chi connectivity index (χ2v) is 7.12. The number of imidazole rings is 1. The van der Waals surface area contributed by atoms with Crippen molar-refractivity contribution in [3.8, 4) is 17.2 Å². The number of aromatic nitrogens is 2. The molecule has 150 valence electrons. The molecule has 1 aliphatic rings. The molecule has 0 radical (unpaired) electrons. The van der Waals surface area contributed by atoms with Crippen molar-refractivity contribution in [3.63, 3.8) is 0 Å². The fourth-order valence-corrected chi connectivity index (χ4v) is 3.66. The zero-order valence-electron chi connectivity index (χ0n) is 16.5. The molecule has 1 fully saturated rings. The van der Waals surface area contributed by atoms with E-state index in [0.717, 1.165) is 17.0 Å². The highest BCUT2D eigenvalue weighted by Crippen LogP contribution is 2.30. The molecule has 4 rings (SSSR count). The minimum absolute atomic E-state index is 0.00511. The van der Waals surface area contributed by atoms with Crippen LogP contribution in [0.3, 0.4) is 0 Å². The highest BCUT2D eigenvalue weighted by molar-refractivity contribution is 5.99. The van der Waals surface area contributed by atoms with Gasteiger partial charge in [0.05, 0.1) is 30.9 Å². The second-order valence-electron chi connectivity index (χ2n) is 7.12. The number of amides is 1. The first kappa shape index (κ1) is 19.0. The van der Waals surface area contributed by atoms with Crippen molar-refractivity contribution in [1.82, 2.24) is 14.9 Å². The van der Waals surface area contributed by atoms with Crippen molar-refractivity contribution in [2.45, 2.75) is 25.9 Å². The van der Waals surface area contributed by atoms with E-state index in [1.165, 1.54) is 0 Å². The topological polar surface area (TPSA) is 79.6 Å². The Labute approximate surface area is 169 Å². The zero-order valence-corrected chi connectivity index (χ0v) is 16.5. The lowest BCUT2D eigenvalue weighted by Crippen LogP contribution is -2.38. The summed E-state index contributed by atoms with van der Waals surface area (Å²) in [5.74, 6) is 0.918. The SMILES string of the molecule is COc1ccccc1CNC1CCN(c2ccc(-n3cnc(C)c3)c(O)c2)C1=O. The van der Waals surface area contributed by atoms with Crippen molar-refractivity contribution < 1.29 is 14.6 Å². The third-order valence-corrected chi connectivity index (χ3v) is 5.20. The van der Waals surface area contributed by atoms with Gasteiger partial charge < -0.3 is 24.6 Å². The number of methoxy groups -OCH3 is 1. The molecule has 0 spiro atoms. The molecule has 7 nitrogen and oxygen atoms in total. The molecular weight excluding hydrogens is 368 g/mol. The van der Waals surface area contributed by atoms with Gasteiger partial charge in [-0.1, -0.05) is 18.2 Å². The highest BCUT2D eigenvalue weighted by atomic mass is 16.5. The highest BCUT2D eigenvalue weighted by Gasteiger charge is 2.32. The van der Waals surface area contributed by atoms with Gasteiger partial charge in [-0.15, -0.1) is 0 Å². The maximum atomic E-state index is 12.9. The van der Waals surface area contributed by atoms with E-state index in [1.807, 2.05) is 43.5 Å². The van der Waals surface area contributed by atoms with Gasteiger partial charge >= 0.3 is 0 Å². The van der Waals surface area contributed by atoms with E-state index in [0.29, 0.717) is 30.9 Å². The number of hydrogen-bond acceptors (Lipinski definition) is 5. The summed E-state index contributed by atoms with van der Waals surface area (Å²) >= 11 is 0. The number of aryl methyl sites for hydroxylation is 1. The van der Waals surface area contributed by atoms with Gasteiger partial charge in [0.25, 0.3) is 0 Å². The first-order valence-electron chi connectivity index (χ1n) is 9.57. The maximum absolute atomic E-state index is 12.9. The predicted octanol–water partition coefficient (Wildman–Crippen LogP) is 2.79. The van der Waals surface area contributed by atoms with Crippen LogP contribution in [0.15, 0.2) is 55.0 Å². The summed E-state index contributed by atoms with van der Waals surface area (Å²) < 4.78 is 7.13. The quantitative estimate of drug-likeness (QED) is 0.674. The average molecular weight is 392 g/mol. The first-order valence-corrected chi connectivity index (χ1v) is 9.57. The van der Waals surface area contributed by atoms with E-state index in [9.17, 15) is 9.90 Å². The summed E-state index contributed by atoms with van der Waals surface area (Å²) in [5, 5.41) is 13.8. The number of aromatic hydroxyl groups is 1. The van der Waals surface area contributed by atoms with Gasteiger partial charge in [-0.05, 0) is 31.5 Å². The molecule has 1 unspecified atom stereocenters. The van der Waals surface area contributed by atoms with Gasteiger partial charge in [-0.2, -0.15) is 0 Å². The van der Waals surface area contributed by atoms with Gasteiger partial charge in [-0.25, -0.2) is 4.98 Å². The number of ether oxygens (including phenoxy) is 1. The zero-order chi connectivity index (χ0) is 20.4. The Bertz CT molecular complexity index is 1030. The molecule has 2 heterocycles. The summed E-state index contributed by atoms with van der Waals surface area (Å²) in [5.41, 5.74) is 3.20. The van der Waals surface area contributed by atoms with Crippen LogP contribution in [0.2, 0.25) is 0 Å². The van der Waals surface area contributed by atoms with E-state index in [4.69, 9.17) is 4.74 Å². The Morgan fingerprint density at radius 2 is 2.10 bits per heavy atom. The van der Waals surface area contributed by atoms with Gasteiger partial charge in [-0.3, -0.25) is 4.79 Å². The molecule has 3 aromatic rings. The number of nitrogens with zero attached hydrogens (tertiary/aromatic N) is 3. The van der Waals surface area contributed by atoms with E-state index < -0.39 is 0 Å². The Morgan fingerprint density at radius 3 is 2.83 bits per heavy atom. The summed E-state index contributed by atoms with van der Waals surface area (Å²) in [6.45, 7) is 3.05. The molecule has 1 aliphatic heterocycles. The molecule has 1 aromatic heterocycles. The molecule has 2 N–H and O–H groups in total. The number of anilines is 1. The summed E-state index contributed by atoms with van der Waals surface area (Å²) in [6.07, 6.45) is 4.20. The van der Waals surface area contributed by atoms with Crippen LogP contribution in [0.5, 0.6) is 11.5 Å². The number of phenols is 1. The van der Waals surface area contributed by atoms with Crippen LogP contribution in [0.25, 0.3) is 5.69 Å². The third kappa shape index (κ3) is 3.82. The number of rotatable bonds is 6. The Balaban J connectivity index is 1.45. The van der Waals surface area contributed by atoms with Crippen LogP contribution in [0.1, 0.15) is 17.7 Å². The maximum Gasteiger partial charge on any atom is 0.244 e. The van der Waals surface area contributed by atoms with Crippen LogP contribution in [0.4, 0.5) is 5.69 Å². The fourth-order valence-electron chi connectivity index (χ4n) is 3.66. The average Bonchev–Trinajstić information content (AvgIpc) is 3.32. The Morgan fingerprint density at radius 1 is 1.28 bits per heavy atom. The predicted molar refractivity (Wildman–Crippen MR) is 111 cm³/mol. The van der Waals surface area contributed by atoms with Crippen molar-refractivity contribution in [2.75, 3.05) is 18.6 Å². The fraction of sp³-hybridized carbons (Fsp3) is 0.273. The van der Waals surface area contributed by atoms with E-state index in [2.05, 4.69) is 10.3 Å². The molecule has 0 bridgehead atoms. The number of benzene rings is 2. The molecular formula is C22H24N4O3. The van der Waals surface area contributed by atoms with Crippen LogP contribution >= 0.6 is 0 Å². The molecule has 0 aliphatic carbocycles. The number of phenolic OH excluding ortho intramolecular Hbond substituents is 1. The molecule has 1 amide bonds. The third-order valence-electron chi connectivity index (χ3n) is 5.20. The molecule has 1 saturated heterocycles. The summed E-state index contributed by atoms with van der Waals surface area (Å²) in [7, 11) is 1.64. The van der Waals surface area contributed by atoms with Crippen LogP contribution in [0, 0.1) is 6.92 Å². The normalized spacial score (nSPS) is 16.4. The number of para-hydroxylation sites is 1. The van der Waals surface area contributed by atoms with Crippen LogP contribution in [-0.2, 0) is 11.3 Å². The van der Waals surface area contributed by atoms with Gasteiger partial charge in [0.2, 0.25) is 5.91 Å². The Hall–Kier alpha value is -3.32. The molecule has 29 heavy (non-hydrogen) atoms. The first-order chi connectivity index (χ1) is 14.1. The number of carbonyl (C=O) groups is 1. The van der Waals surface area contributed by atoms with Crippen LogP contribution in [-0.4, -0.2) is 40.3 Å². The smallest absolute Gasteiger partial charge is 0.244 e. The lowest BCUT2D eigenvalue weighted by atomic mass is 10.1. The molecule has 7 heteroatoms. The lowest BCUT2D eigenvalue weighted by molar-refractivity contribution is -0.118. The number of carbonyl (C=O) groups excluding carboxylic acids is 1.